The number of benzene rings is 1. The van der Waals surface area contributed by atoms with Crippen LogP contribution in [0.2, 0.25) is 5.02 Å². The van der Waals surface area contributed by atoms with Crippen LogP contribution in [-0.2, 0) is 0 Å². The Bertz CT molecular complexity index is 677. The molecule has 1 heterocycles. The summed E-state index contributed by atoms with van der Waals surface area (Å²) in [5, 5.41) is 9.51. The van der Waals surface area contributed by atoms with Gasteiger partial charge in [0.1, 0.15) is 5.82 Å². The summed E-state index contributed by atoms with van der Waals surface area (Å²) in [6.45, 7) is 5.68. The van der Waals surface area contributed by atoms with Gasteiger partial charge < -0.3 is 16.0 Å². The Balaban J connectivity index is 1.84. The Morgan fingerprint density at radius 3 is 2.70 bits per heavy atom. The number of nitrogens with zero attached hydrogens (tertiary/aromatic N) is 2. The average Bonchev–Trinajstić information content (AvgIpc) is 2.51. The fourth-order valence-electron chi connectivity index (χ4n) is 2.00. The van der Waals surface area contributed by atoms with Crippen LogP contribution in [0.4, 0.5) is 11.8 Å². The van der Waals surface area contributed by atoms with Gasteiger partial charge >= 0.3 is 0 Å². The highest BCUT2D eigenvalue weighted by atomic mass is 35.5. The minimum atomic E-state index is -0.190. The van der Waals surface area contributed by atoms with E-state index in [4.69, 9.17) is 11.6 Å². The van der Waals surface area contributed by atoms with E-state index in [-0.39, 0.29) is 5.91 Å². The van der Waals surface area contributed by atoms with Gasteiger partial charge in [-0.2, -0.15) is 4.98 Å². The van der Waals surface area contributed by atoms with Crippen LogP contribution in [0.1, 0.15) is 23.0 Å². The topological polar surface area (TPSA) is 78.9 Å². The van der Waals surface area contributed by atoms with Crippen molar-refractivity contribution in [2.75, 3.05) is 30.3 Å². The quantitative estimate of drug-likeness (QED) is 0.679. The van der Waals surface area contributed by atoms with E-state index in [0.29, 0.717) is 29.6 Å². The summed E-state index contributed by atoms with van der Waals surface area (Å²) in [7, 11) is 0. The Morgan fingerprint density at radius 1 is 1.17 bits per heavy atom. The van der Waals surface area contributed by atoms with Gasteiger partial charge in [0.15, 0.2) is 0 Å². The number of rotatable bonds is 7. The summed E-state index contributed by atoms with van der Waals surface area (Å²) in [5.74, 6) is 1.13. The van der Waals surface area contributed by atoms with E-state index in [0.717, 1.165) is 18.1 Å². The molecule has 0 fully saturated rings. The van der Waals surface area contributed by atoms with Gasteiger partial charge in [-0.15, -0.1) is 0 Å². The molecule has 6 nitrogen and oxygen atoms in total. The largest absolute Gasteiger partial charge is 0.368 e. The number of carbonyl (C=O) groups excluding carboxylic acids is 1. The highest BCUT2D eigenvalue weighted by Crippen LogP contribution is 2.14. The van der Waals surface area contributed by atoms with E-state index in [1.54, 1.807) is 24.3 Å². The number of amides is 1. The van der Waals surface area contributed by atoms with Crippen LogP contribution in [0.15, 0.2) is 30.3 Å². The third-order valence-electron chi connectivity index (χ3n) is 3.02. The van der Waals surface area contributed by atoms with E-state index in [9.17, 15) is 4.79 Å². The molecule has 0 aliphatic heterocycles. The van der Waals surface area contributed by atoms with Crippen molar-refractivity contribution in [3.8, 4) is 0 Å². The van der Waals surface area contributed by atoms with Gasteiger partial charge in [-0.05, 0) is 26.0 Å². The Hall–Kier alpha value is -2.34. The predicted molar refractivity (Wildman–Crippen MR) is 93.2 cm³/mol. The molecule has 0 saturated carbocycles. The number of hydrogen-bond donors (Lipinski definition) is 3. The second-order valence-corrected chi connectivity index (χ2v) is 5.32. The highest BCUT2D eigenvalue weighted by molar-refractivity contribution is 6.33. The molecular weight excluding hydrogens is 314 g/mol. The van der Waals surface area contributed by atoms with Gasteiger partial charge in [0.25, 0.3) is 5.91 Å². The summed E-state index contributed by atoms with van der Waals surface area (Å²) in [6.07, 6.45) is 0. The summed E-state index contributed by atoms with van der Waals surface area (Å²) >= 11 is 5.99. The zero-order valence-corrected chi connectivity index (χ0v) is 13.9. The molecule has 0 aliphatic rings. The summed E-state index contributed by atoms with van der Waals surface area (Å²) in [6, 6.07) is 8.82. The van der Waals surface area contributed by atoms with Crippen molar-refractivity contribution < 1.29 is 4.79 Å². The van der Waals surface area contributed by atoms with Crippen LogP contribution in [0.3, 0.4) is 0 Å². The summed E-state index contributed by atoms with van der Waals surface area (Å²) in [5.41, 5.74) is 1.35. The molecule has 0 radical (unpaired) electrons. The van der Waals surface area contributed by atoms with Crippen molar-refractivity contribution in [3.63, 3.8) is 0 Å². The molecular formula is C16H20ClN5O. The zero-order chi connectivity index (χ0) is 16.7. The van der Waals surface area contributed by atoms with Gasteiger partial charge in [0.05, 0.1) is 10.6 Å². The standard InChI is InChI=1S/C16H20ClN5O/c1-3-18-16-21-11(2)10-14(22-16)19-8-9-20-15(23)12-6-4-5-7-13(12)17/h4-7,10H,3,8-9H2,1-2H3,(H,20,23)(H2,18,19,21,22). The summed E-state index contributed by atoms with van der Waals surface area (Å²) in [4.78, 5) is 20.6. The third kappa shape index (κ3) is 5.10. The molecule has 122 valence electrons. The second-order valence-electron chi connectivity index (χ2n) is 4.91. The van der Waals surface area contributed by atoms with E-state index in [1.807, 2.05) is 19.9 Å². The molecule has 2 rings (SSSR count). The monoisotopic (exact) mass is 333 g/mol. The lowest BCUT2D eigenvalue weighted by molar-refractivity contribution is 0.0955. The lowest BCUT2D eigenvalue weighted by Crippen LogP contribution is -2.29. The van der Waals surface area contributed by atoms with Crippen LogP contribution in [0.5, 0.6) is 0 Å². The fourth-order valence-corrected chi connectivity index (χ4v) is 2.23. The van der Waals surface area contributed by atoms with Crippen molar-refractivity contribution in [2.24, 2.45) is 0 Å². The minimum absolute atomic E-state index is 0.190. The van der Waals surface area contributed by atoms with Crippen LogP contribution in [0.25, 0.3) is 0 Å². The highest BCUT2D eigenvalue weighted by Gasteiger charge is 2.08. The van der Waals surface area contributed by atoms with Crippen molar-refractivity contribution in [1.29, 1.82) is 0 Å². The smallest absolute Gasteiger partial charge is 0.252 e. The van der Waals surface area contributed by atoms with Gasteiger partial charge in [-0.1, -0.05) is 23.7 Å². The molecule has 1 amide bonds. The van der Waals surface area contributed by atoms with Gasteiger partial charge in [-0.25, -0.2) is 4.98 Å². The van der Waals surface area contributed by atoms with Crippen LogP contribution in [0, 0.1) is 6.92 Å². The fraction of sp³-hybridized carbons (Fsp3) is 0.312. The molecule has 0 atom stereocenters. The maximum atomic E-state index is 12.0. The van der Waals surface area contributed by atoms with Crippen molar-refractivity contribution >= 4 is 29.3 Å². The van der Waals surface area contributed by atoms with E-state index in [2.05, 4.69) is 25.9 Å². The lowest BCUT2D eigenvalue weighted by Gasteiger charge is -2.10. The molecule has 1 aromatic carbocycles. The Morgan fingerprint density at radius 2 is 1.96 bits per heavy atom. The van der Waals surface area contributed by atoms with Crippen molar-refractivity contribution in [1.82, 2.24) is 15.3 Å². The van der Waals surface area contributed by atoms with Gasteiger partial charge in [0, 0.05) is 31.4 Å². The number of aryl methyl sites for hydroxylation is 1. The molecule has 2 aromatic rings. The molecule has 0 aliphatic carbocycles. The molecule has 0 spiro atoms. The van der Waals surface area contributed by atoms with E-state index >= 15 is 0 Å². The third-order valence-corrected chi connectivity index (χ3v) is 3.35. The van der Waals surface area contributed by atoms with Gasteiger partial charge in [0.2, 0.25) is 5.95 Å². The molecule has 1 aromatic heterocycles. The molecule has 3 N–H and O–H groups in total. The number of hydrogen-bond acceptors (Lipinski definition) is 5. The number of nitrogens with one attached hydrogen (secondary N) is 3. The van der Waals surface area contributed by atoms with E-state index in [1.165, 1.54) is 0 Å². The first kappa shape index (κ1) is 17.0. The van der Waals surface area contributed by atoms with Crippen LogP contribution < -0.4 is 16.0 Å². The first-order valence-corrected chi connectivity index (χ1v) is 7.84. The average molecular weight is 334 g/mol. The SMILES string of the molecule is CCNc1nc(C)cc(NCCNC(=O)c2ccccc2Cl)n1. The number of halogens is 1. The first-order chi connectivity index (χ1) is 11.1. The molecule has 0 saturated heterocycles. The maximum absolute atomic E-state index is 12.0. The maximum Gasteiger partial charge on any atom is 0.252 e. The van der Waals surface area contributed by atoms with E-state index < -0.39 is 0 Å². The van der Waals surface area contributed by atoms with Gasteiger partial charge in [-0.3, -0.25) is 4.79 Å². The molecule has 23 heavy (non-hydrogen) atoms. The molecule has 7 heteroatoms. The van der Waals surface area contributed by atoms with Crippen molar-refractivity contribution in [3.05, 3.63) is 46.6 Å². The van der Waals surface area contributed by atoms with Crippen LogP contribution in [-0.4, -0.2) is 35.5 Å². The van der Waals surface area contributed by atoms with Crippen LogP contribution >= 0.6 is 11.6 Å². The minimum Gasteiger partial charge on any atom is -0.368 e. The molecule has 0 unspecified atom stereocenters. The number of aromatic nitrogens is 2. The first-order valence-electron chi connectivity index (χ1n) is 7.46. The molecule has 0 bridgehead atoms. The Kier molecular flexibility index (Phi) is 6.17. The normalized spacial score (nSPS) is 10.2. The number of carbonyl (C=O) groups is 1. The predicted octanol–water partition coefficient (Wildman–Crippen LogP) is 2.71. The Labute approximate surface area is 140 Å². The van der Waals surface area contributed by atoms with Crippen molar-refractivity contribution in [2.45, 2.75) is 13.8 Å². The second kappa shape index (κ2) is 8.33. The zero-order valence-electron chi connectivity index (χ0n) is 13.2. The summed E-state index contributed by atoms with van der Waals surface area (Å²) < 4.78 is 0. The lowest BCUT2D eigenvalue weighted by atomic mass is 10.2. The number of anilines is 2.